The lowest BCUT2D eigenvalue weighted by atomic mass is 9.96. The first-order chi connectivity index (χ1) is 15.4. The molecule has 0 saturated heterocycles. The minimum absolute atomic E-state index is 0.103. The predicted octanol–water partition coefficient (Wildman–Crippen LogP) is 5.35. The highest BCUT2D eigenvalue weighted by atomic mass is 16.5. The molecule has 0 aromatic heterocycles. The summed E-state index contributed by atoms with van der Waals surface area (Å²) >= 11 is 0. The summed E-state index contributed by atoms with van der Waals surface area (Å²) in [6.07, 6.45) is 17.5. The van der Waals surface area contributed by atoms with E-state index >= 15 is 0 Å². The number of hydrogen-bond donors (Lipinski definition) is 2. The number of methoxy groups -OCH3 is 1. The van der Waals surface area contributed by atoms with E-state index in [1.165, 1.54) is 31.3 Å². The van der Waals surface area contributed by atoms with E-state index in [-0.39, 0.29) is 17.9 Å². The predicted molar refractivity (Wildman–Crippen MR) is 134 cm³/mol. The third-order valence-electron chi connectivity index (χ3n) is 6.79. The molecular formula is C27H48N2O3. The van der Waals surface area contributed by atoms with Crippen LogP contribution in [-0.4, -0.2) is 44.0 Å². The number of aldehydes is 1. The van der Waals surface area contributed by atoms with Crippen LogP contribution in [0.3, 0.4) is 0 Å². The Balaban J connectivity index is 2.28. The molecule has 0 radical (unpaired) electrons. The number of hydrogen-bond acceptors (Lipinski definition) is 4. The first-order valence-electron chi connectivity index (χ1n) is 12.8. The minimum atomic E-state index is -0.466. The number of allylic oxidation sites excluding steroid dienone is 3. The normalized spacial score (nSPS) is 18.3. The van der Waals surface area contributed by atoms with Crippen LogP contribution in [0, 0.1) is 11.8 Å². The highest BCUT2D eigenvalue weighted by Crippen LogP contribution is 2.18. The van der Waals surface area contributed by atoms with Crippen LogP contribution in [0.1, 0.15) is 91.9 Å². The van der Waals surface area contributed by atoms with Crippen LogP contribution in [0.15, 0.2) is 23.8 Å². The highest BCUT2D eigenvalue weighted by Gasteiger charge is 2.25. The third-order valence-corrected chi connectivity index (χ3v) is 6.79. The molecule has 0 bridgehead atoms. The summed E-state index contributed by atoms with van der Waals surface area (Å²) < 4.78 is 5.62. The molecule has 1 unspecified atom stereocenters. The zero-order chi connectivity index (χ0) is 23.8. The summed E-state index contributed by atoms with van der Waals surface area (Å²) in [6.45, 7) is 9.75. The molecule has 5 atom stereocenters. The van der Waals surface area contributed by atoms with Crippen LogP contribution in [0.5, 0.6) is 0 Å². The van der Waals surface area contributed by atoms with Crippen LogP contribution in [-0.2, 0) is 14.3 Å². The van der Waals surface area contributed by atoms with E-state index in [2.05, 4.69) is 37.5 Å². The van der Waals surface area contributed by atoms with E-state index in [1.807, 2.05) is 19.1 Å². The summed E-state index contributed by atoms with van der Waals surface area (Å²) in [5.74, 6) is 0.444. The van der Waals surface area contributed by atoms with Gasteiger partial charge in [0.05, 0.1) is 18.1 Å². The lowest BCUT2D eigenvalue weighted by Crippen LogP contribution is -2.43. The first kappa shape index (κ1) is 28.6. The maximum Gasteiger partial charge on any atom is 0.226 e. The second-order valence-corrected chi connectivity index (χ2v) is 9.61. The summed E-state index contributed by atoms with van der Waals surface area (Å²) in [5, 5.41) is 6.53. The Bertz CT molecular complexity index is 587. The van der Waals surface area contributed by atoms with Gasteiger partial charge < -0.3 is 20.2 Å². The molecule has 32 heavy (non-hydrogen) atoms. The number of carbonyl (C=O) groups excluding carboxylic acids is 2. The van der Waals surface area contributed by atoms with Crippen molar-refractivity contribution in [3.63, 3.8) is 0 Å². The number of unbranched alkanes of at least 4 members (excludes halogenated alkanes) is 1. The van der Waals surface area contributed by atoms with Gasteiger partial charge in [0.15, 0.2) is 0 Å². The van der Waals surface area contributed by atoms with Gasteiger partial charge in [-0.05, 0) is 64.3 Å². The average molecular weight is 449 g/mol. The molecule has 1 rings (SSSR count). The van der Waals surface area contributed by atoms with Gasteiger partial charge in [0, 0.05) is 13.2 Å². The molecule has 1 amide bonds. The molecule has 0 aromatic rings. The lowest BCUT2D eigenvalue weighted by Gasteiger charge is -2.24. The molecule has 5 heteroatoms. The van der Waals surface area contributed by atoms with Crippen LogP contribution in [0.25, 0.3) is 0 Å². The maximum absolute atomic E-state index is 12.7. The SMILES string of the molecule is CC[C@H](C)CCC[C@H](C)NCCCC[C@H](OC)C(C)C(=O)N[C@H](C=O)CC1=CC=CCC1. The van der Waals surface area contributed by atoms with E-state index in [9.17, 15) is 9.59 Å². The van der Waals surface area contributed by atoms with Gasteiger partial charge in [-0.15, -0.1) is 0 Å². The number of ether oxygens (including phenoxy) is 1. The molecule has 0 spiro atoms. The molecule has 184 valence electrons. The first-order valence-corrected chi connectivity index (χ1v) is 12.8. The van der Waals surface area contributed by atoms with Gasteiger partial charge >= 0.3 is 0 Å². The van der Waals surface area contributed by atoms with Crippen molar-refractivity contribution in [3.8, 4) is 0 Å². The van der Waals surface area contributed by atoms with E-state index in [1.54, 1.807) is 7.11 Å². The Morgan fingerprint density at radius 3 is 2.56 bits per heavy atom. The topological polar surface area (TPSA) is 67.4 Å². The van der Waals surface area contributed by atoms with Gasteiger partial charge in [0.1, 0.15) is 6.29 Å². The monoisotopic (exact) mass is 448 g/mol. The fourth-order valence-electron chi connectivity index (χ4n) is 4.19. The van der Waals surface area contributed by atoms with Gasteiger partial charge in [0.25, 0.3) is 0 Å². The molecule has 0 aliphatic heterocycles. The lowest BCUT2D eigenvalue weighted by molar-refractivity contribution is -0.131. The molecule has 5 nitrogen and oxygen atoms in total. The van der Waals surface area contributed by atoms with E-state index in [4.69, 9.17) is 4.74 Å². The van der Waals surface area contributed by atoms with Crippen LogP contribution >= 0.6 is 0 Å². The Morgan fingerprint density at radius 2 is 1.94 bits per heavy atom. The number of nitrogens with one attached hydrogen (secondary N) is 2. The Labute approximate surface area is 196 Å². The Kier molecular flexibility index (Phi) is 15.2. The summed E-state index contributed by atoms with van der Waals surface area (Å²) in [5.41, 5.74) is 1.21. The molecule has 0 saturated carbocycles. The maximum atomic E-state index is 12.7. The van der Waals surface area contributed by atoms with Crippen LogP contribution in [0.2, 0.25) is 0 Å². The zero-order valence-corrected chi connectivity index (χ0v) is 21.2. The molecule has 0 fully saturated rings. The van der Waals surface area contributed by atoms with E-state index in [0.717, 1.165) is 50.9 Å². The highest BCUT2D eigenvalue weighted by molar-refractivity contribution is 5.82. The molecule has 1 aliphatic carbocycles. The smallest absolute Gasteiger partial charge is 0.226 e. The second kappa shape index (κ2) is 17.1. The zero-order valence-electron chi connectivity index (χ0n) is 21.2. The molecule has 2 N–H and O–H groups in total. The Morgan fingerprint density at radius 1 is 1.16 bits per heavy atom. The van der Waals surface area contributed by atoms with Crippen molar-refractivity contribution in [1.82, 2.24) is 10.6 Å². The van der Waals surface area contributed by atoms with Crippen molar-refractivity contribution in [1.29, 1.82) is 0 Å². The third kappa shape index (κ3) is 12.0. The average Bonchev–Trinajstić information content (AvgIpc) is 2.80. The summed E-state index contributed by atoms with van der Waals surface area (Å²) in [6, 6.07) is 0.0863. The fraction of sp³-hybridized carbons (Fsp3) is 0.778. The van der Waals surface area contributed by atoms with Gasteiger partial charge in [-0.1, -0.05) is 63.8 Å². The van der Waals surface area contributed by atoms with Gasteiger partial charge in [-0.2, -0.15) is 0 Å². The van der Waals surface area contributed by atoms with Gasteiger partial charge in [0.2, 0.25) is 5.91 Å². The van der Waals surface area contributed by atoms with Crippen molar-refractivity contribution in [3.05, 3.63) is 23.8 Å². The molecule has 0 aromatic carbocycles. The summed E-state index contributed by atoms with van der Waals surface area (Å²) in [7, 11) is 1.67. The number of amides is 1. The number of carbonyl (C=O) groups is 2. The van der Waals surface area contributed by atoms with E-state index in [0.29, 0.717) is 12.5 Å². The van der Waals surface area contributed by atoms with Crippen molar-refractivity contribution in [2.45, 2.75) is 110 Å². The summed E-state index contributed by atoms with van der Waals surface area (Å²) in [4.78, 5) is 24.2. The van der Waals surface area contributed by atoms with E-state index < -0.39 is 6.04 Å². The van der Waals surface area contributed by atoms with Crippen molar-refractivity contribution in [2.24, 2.45) is 11.8 Å². The van der Waals surface area contributed by atoms with Crippen LogP contribution in [0.4, 0.5) is 0 Å². The fourth-order valence-corrected chi connectivity index (χ4v) is 4.19. The van der Waals surface area contributed by atoms with Crippen LogP contribution < -0.4 is 10.6 Å². The molecule has 1 aliphatic rings. The largest absolute Gasteiger partial charge is 0.381 e. The standard InChI is InChI=1S/C27H48N2O3/c1-6-21(2)13-12-14-22(3)28-18-11-10-17-26(32-5)23(4)27(31)29-25(20-30)19-24-15-8-7-9-16-24/h7-8,15,20-23,25-26,28H,6,9-14,16-19H2,1-5H3,(H,29,31)/t21-,22-,23?,25-,26-/m0/s1. The minimum Gasteiger partial charge on any atom is -0.381 e. The quantitative estimate of drug-likeness (QED) is 0.219. The molecular weight excluding hydrogens is 400 g/mol. The second-order valence-electron chi connectivity index (χ2n) is 9.61. The van der Waals surface area contributed by atoms with Gasteiger partial charge in [-0.3, -0.25) is 4.79 Å². The molecule has 0 heterocycles. The van der Waals surface area contributed by atoms with Crippen molar-refractivity contribution in [2.75, 3.05) is 13.7 Å². The van der Waals surface area contributed by atoms with Crippen molar-refractivity contribution < 1.29 is 14.3 Å². The van der Waals surface area contributed by atoms with Crippen molar-refractivity contribution >= 4 is 12.2 Å². The number of rotatable bonds is 18. The van der Waals surface area contributed by atoms with Gasteiger partial charge in [-0.25, -0.2) is 0 Å². The Hall–Kier alpha value is -1.46.